The molecule has 0 aliphatic heterocycles. The third-order valence-electron chi connectivity index (χ3n) is 6.46. The van der Waals surface area contributed by atoms with E-state index in [1.165, 1.54) is 0 Å². The van der Waals surface area contributed by atoms with Crippen molar-refractivity contribution in [1.82, 2.24) is 4.98 Å². The molecule has 0 amide bonds. The van der Waals surface area contributed by atoms with E-state index in [1.54, 1.807) is 12.3 Å². The number of rotatable bonds is 8. The van der Waals surface area contributed by atoms with Gasteiger partial charge in [-0.2, -0.15) is 0 Å². The third kappa shape index (κ3) is 4.90. The quantitative estimate of drug-likeness (QED) is 0.375. The lowest BCUT2D eigenvalue weighted by molar-refractivity contribution is 0.381. The SMILES string of the molecule is O=c1oc(C(Cc2ccccc2)Cc2ccccn2)cc(O)c1C(c1ccccc1)C1CC1. The van der Waals surface area contributed by atoms with E-state index < -0.39 is 5.63 Å². The van der Waals surface area contributed by atoms with Gasteiger partial charge in [0.1, 0.15) is 11.5 Å². The zero-order chi connectivity index (χ0) is 22.6. The summed E-state index contributed by atoms with van der Waals surface area (Å²) in [6.45, 7) is 0. The van der Waals surface area contributed by atoms with Crippen LogP contribution in [0.1, 0.15) is 52.8 Å². The van der Waals surface area contributed by atoms with E-state index in [0.29, 0.717) is 30.1 Å². The smallest absolute Gasteiger partial charge is 0.343 e. The van der Waals surface area contributed by atoms with E-state index in [1.807, 2.05) is 66.7 Å². The van der Waals surface area contributed by atoms with Gasteiger partial charge in [-0.1, -0.05) is 66.7 Å². The van der Waals surface area contributed by atoms with E-state index in [9.17, 15) is 9.90 Å². The molecule has 0 radical (unpaired) electrons. The fourth-order valence-corrected chi connectivity index (χ4v) is 4.70. The molecule has 4 aromatic rings. The lowest BCUT2D eigenvalue weighted by Crippen LogP contribution is -2.18. The molecule has 1 aliphatic rings. The average Bonchev–Trinajstić information content (AvgIpc) is 3.68. The molecule has 33 heavy (non-hydrogen) atoms. The molecule has 1 fully saturated rings. The highest BCUT2D eigenvalue weighted by molar-refractivity contribution is 5.42. The highest BCUT2D eigenvalue weighted by Crippen LogP contribution is 2.47. The average molecular weight is 438 g/mol. The number of hydrogen-bond acceptors (Lipinski definition) is 4. The van der Waals surface area contributed by atoms with Crippen molar-refractivity contribution in [2.24, 2.45) is 5.92 Å². The monoisotopic (exact) mass is 437 g/mol. The van der Waals surface area contributed by atoms with Crippen LogP contribution in [0, 0.1) is 5.92 Å². The van der Waals surface area contributed by atoms with Crippen LogP contribution in [0.5, 0.6) is 5.75 Å². The Morgan fingerprint density at radius 2 is 1.61 bits per heavy atom. The molecule has 5 rings (SSSR count). The van der Waals surface area contributed by atoms with Crippen LogP contribution in [-0.2, 0) is 12.8 Å². The lowest BCUT2D eigenvalue weighted by Gasteiger charge is -2.20. The Morgan fingerprint density at radius 1 is 0.909 bits per heavy atom. The first-order valence-electron chi connectivity index (χ1n) is 11.5. The van der Waals surface area contributed by atoms with Gasteiger partial charge in [-0.3, -0.25) is 4.98 Å². The molecule has 1 N–H and O–H groups in total. The summed E-state index contributed by atoms with van der Waals surface area (Å²) in [7, 11) is 0. The van der Waals surface area contributed by atoms with Crippen LogP contribution in [0.4, 0.5) is 0 Å². The summed E-state index contributed by atoms with van der Waals surface area (Å²) in [6.07, 6.45) is 5.17. The van der Waals surface area contributed by atoms with E-state index in [4.69, 9.17) is 4.42 Å². The molecule has 2 heterocycles. The number of pyridine rings is 1. The number of aromatic nitrogens is 1. The summed E-state index contributed by atoms with van der Waals surface area (Å²) in [5.74, 6) is 0.631. The minimum atomic E-state index is -0.440. The summed E-state index contributed by atoms with van der Waals surface area (Å²) in [6, 6.07) is 27.6. The molecule has 2 atom stereocenters. The Labute approximate surface area is 193 Å². The predicted octanol–water partition coefficient (Wildman–Crippen LogP) is 5.85. The zero-order valence-corrected chi connectivity index (χ0v) is 18.4. The van der Waals surface area contributed by atoms with Crippen LogP contribution in [0.3, 0.4) is 0 Å². The van der Waals surface area contributed by atoms with Crippen LogP contribution in [0.15, 0.2) is 100 Å². The second-order valence-electron chi connectivity index (χ2n) is 8.87. The Bertz CT molecular complexity index is 1210. The molecule has 2 aromatic heterocycles. The first kappa shape index (κ1) is 21.2. The zero-order valence-electron chi connectivity index (χ0n) is 18.4. The number of nitrogens with zero attached hydrogens (tertiary/aromatic N) is 1. The van der Waals surface area contributed by atoms with Crippen molar-refractivity contribution in [3.63, 3.8) is 0 Å². The highest BCUT2D eigenvalue weighted by Gasteiger charge is 2.37. The van der Waals surface area contributed by atoms with Gasteiger partial charge in [-0.25, -0.2) is 4.79 Å². The Kier molecular flexibility index (Phi) is 6.07. The van der Waals surface area contributed by atoms with Gasteiger partial charge >= 0.3 is 5.63 Å². The van der Waals surface area contributed by atoms with Crippen LogP contribution in [-0.4, -0.2) is 10.1 Å². The van der Waals surface area contributed by atoms with E-state index >= 15 is 0 Å². The van der Waals surface area contributed by atoms with Crippen molar-refractivity contribution in [2.45, 2.75) is 37.5 Å². The van der Waals surface area contributed by atoms with Gasteiger partial charge in [0.15, 0.2) is 0 Å². The molecule has 2 unspecified atom stereocenters. The van der Waals surface area contributed by atoms with Crippen LogP contribution in [0.2, 0.25) is 0 Å². The van der Waals surface area contributed by atoms with Crippen LogP contribution < -0.4 is 5.63 Å². The van der Waals surface area contributed by atoms with Crippen LogP contribution in [0.25, 0.3) is 0 Å². The first-order chi connectivity index (χ1) is 16.2. The summed E-state index contributed by atoms with van der Waals surface area (Å²) >= 11 is 0. The van der Waals surface area contributed by atoms with Gasteiger partial charge in [-0.15, -0.1) is 0 Å². The number of hydrogen-bond donors (Lipinski definition) is 1. The van der Waals surface area contributed by atoms with Crippen molar-refractivity contribution in [3.05, 3.63) is 130 Å². The Hall–Kier alpha value is -3.66. The first-order valence-corrected chi connectivity index (χ1v) is 11.5. The second kappa shape index (κ2) is 9.45. The van der Waals surface area contributed by atoms with Gasteiger partial charge in [0, 0.05) is 29.8 Å². The van der Waals surface area contributed by atoms with Crippen LogP contribution >= 0.6 is 0 Å². The van der Waals surface area contributed by atoms with Crippen molar-refractivity contribution >= 4 is 0 Å². The molecule has 1 saturated carbocycles. The van der Waals surface area contributed by atoms with E-state index in [2.05, 4.69) is 17.1 Å². The van der Waals surface area contributed by atoms with Gasteiger partial charge in [0.25, 0.3) is 0 Å². The molecule has 4 heteroatoms. The number of benzene rings is 2. The maximum atomic E-state index is 13.3. The van der Waals surface area contributed by atoms with Gasteiger partial charge in [-0.05, 0) is 54.9 Å². The Balaban J connectivity index is 1.52. The number of aromatic hydroxyl groups is 1. The molecular formula is C29H27NO3. The molecule has 2 aromatic carbocycles. The summed E-state index contributed by atoms with van der Waals surface area (Å²) in [5, 5.41) is 11.1. The van der Waals surface area contributed by atoms with E-state index in [-0.39, 0.29) is 17.6 Å². The lowest BCUT2D eigenvalue weighted by atomic mass is 9.86. The normalized spacial score (nSPS) is 15.2. The van der Waals surface area contributed by atoms with Gasteiger partial charge in [0.05, 0.1) is 5.56 Å². The van der Waals surface area contributed by atoms with E-state index in [0.717, 1.165) is 29.7 Å². The summed E-state index contributed by atoms with van der Waals surface area (Å²) in [4.78, 5) is 17.7. The minimum absolute atomic E-state index is 0.0288. The molecule has 166 valence electrons. The minimum Gasteiger partial charge on any atom is -0.507 e. The molecule has 0 spiro atoms. The van der Waals surface area contributed by atoms with Gasteiger partial charge in [0.2, 0.25) is 0 Å². The van der Waals surface area contributed by atoms with Crippen molar-refractivity contribution in [1.29, 1.82) is 0 Å². The topological polar surface area (TPSA) is 63.3 Å². The molecule has 4 nitrogen and oxygen atoms in total. The second-order valence-corrected chi connectivity index (χ2v) is 8.87. The van der Waals surface area contributed by atoms with Crippen molar-refractivity contribution in [2.75, 3.05) is 0 Å². The predicted molar refractivity (Wildman–Crippen MR) is 128 cm³/mol. The summed E-state index contributed by atoms with van der Waals surface area (Å²) in [5.41, 5.74) is 3.05. The molecule has 0 saturated heterocycles. The maximum absolute atomic E-state index is 13.3. The molecule has 1 aliphatic carbocycles. The maximum Gasteiger partial charge on any atom is 0.343 e. The Morgan fingerprint density at radius 3 is 2.24 bits per heavy atom. The summed E-state index contributed by atoms with van der Waals surface area (Å²) < 4.78 is 5.93. The molecular weight excluding hydrogens is 410 g/mol. The van der Waals surface area contributed by atoms with Gasteiger partial charge < -0.3 is 9.52 Å². The highest BCUT2D eigenvalue weighted by atomic mass is 16.4. The standard InChI is InChI=1S/C29H27NO3/c31-25-19-26(23(17-20-9-3-1-4-10-20)18-24-13-7-8-16-30-24)33-29(32)28(25)27(22-14-15-22)21-11-5-2-6-12-21/h1-13,16,19,22-23,27,31H,14-15,17-18H2. The van der Waals surface area contributed by atoms with Crippen molar-refractivity contribution < 1.29 is 9.52 Å². The largest absolute Gasteiger partial charge is 0.507 e. The van der Waals surface area contributed by atoms with Crippen molar-refractivity contribution in [3.8, 4) is 5.75 Å². The third-order valence-corrected chi connectivity index (χ3v) is 6.46. The fourth-order valence-electron chi connectivity index (χ4n) is 4.70. The fraction of sp³-hybridized carbons (Fsp3) is 0.241. The molecule has 0 bridgehead atoms.